The van der Waals surface area contributed by atoms with Crippen molar-refractivity contribution in [1.29, 1.82) is 0 Å². The van der Waals surface area contributed by atoms with Crippen LogP contribution in [-0.2, 0) is 0 Å². The predicted octanol–water partition coefficient (Wildman–Crippen LogP) is 13.6. The highest BCUT2D eigenvalue weighted by atomic mass is 32.1. The topological polar surface area (TPSA) is 54.8 Å². The van der Waals surface area contributed by atoms with Crippen molar-refractivity contribution in [3.05, 3.63) is 176 Å². The van der Waals surface area contributed by atoms with Crippen LogP contribution >= 0.6 is 22.7 Å². The SMILES string of the molecule is c1ccc(-c2nc3ccc(N(c4ccc5c(ccc6cc(-c7ccc8ccccc8c7)ccc65)c4)c4ccc5nc(-c6ccccc6)sc5n4)nc3s2)cc1. The molecule has 0 aliphatic carbocycles. The summed E-state index contributed by atoms with van der Waals surface area (Å²) >= 11 is 3.20. The Balaban J connectivity index is 1.03. The molecule has 0 amide bonds. The maximum Gasteiger partial charge on any atom is 0.146 e. The number of fused-ring (bicyclic) bond motifs is 6. The molecule has 0 aliphatic rings. The molecule has 4 aromatic heterocycles. The van der Waals surface area contributed by atoms with E-state index in [0.717, 1.165) is 64.5 Å². The molecule has 0 saturated carbocycles. The van der Waals surface area contributed by atoms with Gasteiger partial charge in [0.25, 0.3) is 0 Å². The fourth-order valence-electron chi connectivity index (χ4n) is 7.40. The van der Waals surface area contributed by atoms with Gasteiger partial charge in [-0.15, -0.1) is 0 Å². The summed E-state index contributed by atoms with van der Waals surface area (Å²) in [6.45, 7) is 0. The molecule has 0 radical (unpaired) electrons. The van der Waals surface area contributed by atoms with Crippen molar-refractivity contribution in [1.82, 2.24) is 19.9 Å². The second-order valence-corrected chi connectivity index (χ2v) is 15.5. The molecule has 11 rings (SSSR count). The molecule has 0 fully saturated rings. The first-order valence-corrected chi connectivity index (χ1v) is 19.8. The number of hydrogen-bond donors (Lipinski definition) is 0. The van der Waals surface area contributed by atoms with Gasteiger partial charge < -0.3 is 0 Å². The van der Waals surface area contributed by atoms with Crippen molar-refractivity contribution in [3.8, 4) is 32.3 Å². The van der Waals surface area contributed by atoms with Crippen LogP contribution in [0.2, 0.25) is 0 Å². The molecule has 0 spiro atoms. The van der Waals surface area contributed by atoms with Crippen molar-refractivity contribution in [3.63, 3.8) is 0 Å². The average Bonchev–Trinajstić information content (AvgIpc) is 3.88. The summed E-state index contributed by atoms with van der Waals surface area (Å²) in [5, 5.41) is 9.16. The summed E-state index contributed by atoms with van der Waals surface area (Å²) in [4.78, 5) is 24.2. The summed E-state index contributed by atoms with van der Waals surface area (Å²) in [6, 6.07) is 61.9. The minimum Gasteiger partial charge on any atom is -0.279 e. The minimum absolute atomic E-state index is 0.774. The lowest BCUT2D eigenvalue weighted by molar-refractivity contribution is 1.16. The zero-order chi connectivity index (χ0) is 36.3. The van der Waals surface area contributed by atoms with Gasteiger partial charge in [-0.05, 0) is 92.0 Å². The first-order valence-electron chi connectivity index (χ1n) is 18.1. The Bertz CT molecular complexity index is 3110. The van der Waals surface area contributed by atoms with Crippen molar-refractivity contribution >= 4 is 93.0 Å². The second-order valence-electron chi connectivity index (χ2n) is 13.6. The molecule has 258 valence electrons. The monoisotopic (exact) mass is 739 g/mol. The Morgan fingerprint density at radius 2 is 0.836 bits per heavy atom. The largest absolute Gasteiger partial charge is 0.279 e. The molecule has 7 aromatic carbocycles. The quantitative estimate of drug-likeness (QED) is 0.159. The van der Waals surface area contributed by atoms with E-state index in [1.807, 2.05) is 48.5 Å². The highest BCUT2D eigenvalue weighted by Gasteiger charge is 2.20. The average molecular weight is 740 g/mol. The number of pyridine rings is 2. The standard InChI is InChI=1S/C48H29N5S2/c1-3-10-31(11-4-1)45-49-41-23-25-43(51-47(41)54-45)53(44-26-24-42-48(52-44)55-46(50-42)32-12-5-2-6-13-32)38-20-22-40-37(29-38)18-17-36-28-35(19-21-39(36)40)34-16-15-30-9-7-8-14-33(30)27-34/h1-29H. The molecule has 4 heterocycles. The fourth-order valence-corrected chi connectivity index (χ4v) is 9.28. The molecule has 0 bridgehead atoms. The van der Waals surface area contributed by atoms with Crippen LogP contribution < -0.4 is 4.90 Å². The third-order valence-electron chi connectivity index (χ3n) is 10.1. The Kier molecular flexibility index (Phi) is 7.46. The van der Waals surface area contributed by atoms with Crippen LogP contribution in [-0.4, -0.2) is 19.9 Å². The van der Waals surface area contributed by atoms with Gasteiger partial charge in [0.15, 0.2) is 0 Å². The van der Waals surface area contributed by atoms with E-state index in [1.54, 1.807) is 22.7 Å². The lowest BCUT2D eigenvalue weighted by atomic mass is 9.96. The number of aromatic nitrogens is 4. The van der Waals surface area contributed by atoms with Crippen molar-refractivity contribution < 1.29 is 0 Å². The summed E-state index contributed by atoms with van der Waals surface area (Å²) in [5.41, 5.74) is 7.31. The molecule has 0 N–H and O–H groups in total. The van der Waals surface area contributed by atoms with Gasteiger partial charge in [-0.25, -0.2) is 19.9 Å². The van der Waals surface area contributed by atoms with E-state index in [-0.39, 0.29) is 0 Å². The van der Waals surface area contributed by atoms with Crippen LogP contribution in [0.1, 0.15) is 0 Å². The van der Waals surface area contributed by atoms with Crippen molar-refractivity contribution in [2.75, 3.05) is 4.90 Å². The molecular weight excluding hydrogens is 711 g/mol. The molecular formula is C48H29N5S2. The van der Waals surface area contributed by atoms with Crippen LogP contribution in [0, 0.1) is 0 Å². The van der Waals surface area contributed by atoms with Gasteiger partial charge in [0.2, 0.25) is 0 Å². The number of rotatable bonds is 6. The number of anilines is 3. The van der Waals surface area contributed by atoms with E-state index in [2.05, 4.69) is 132 Å². The Labute approximate surface area is 324 Å². The maximum absolute atomic E-state index is 5.22. The Hall–Kier alpha value is -6.80. The van der Waals surface area contributed by atoms with Crippen LogP contribution in [0.5, 0.6) is 0 Å². The van der Waals surface area contributed by atoms with Gasteiger partial charge in [0.05, 0.1) is 0 Å². The van der Waals surface area contributed by atoms with Gasteiger partial charge in [0, 0.05) is 16.8 Å². The third-order valence-corrected chi connectivity index (χ3v) is 12.2. The molecule has 0 unspecified atom stereocenters. The number of nitrogens with zero attached hydrogens (tertiary/aromatic N) is 5. The van der Waals surface area contributed by atoms with Crippen LogP contribution in [0.15, 0.2) is 176 Å². The van der Waals surface area contributed by atoms with E-state index >= 15 is 0 Å². The molecule has 55 heavy (non-hydrogen) atoms. The molecule has 0 saturated heterocycles. The van der Waals surface area contributed by atoms with Gasteiger partial charge in [0.1, 0.15) is 42.3 Å². The highest BCUT2D eigenvalue weighted by Crippen LogP contribution is 2.40. The molecule has 5 nitrogen and oxygen atoms in total. The summed E-state index contributed by atoms with van der Waals surface area (Å²) < 4.78 is 0. The van der Waals surface area contributed by atoms with Gasteiger partial charge in [-0.2, -0.15) is 0 Å². The maximum atomic E-state index is 5.22. The zero-order valence-corrected chi connectivity index (χ0v) is 30.9. The van der Waals surface area contributed by atoms with Crippen molar-refractivity contribution in [2.45, 2.75) is 0 Å². The molecule has 0 atom stereocenters. The molecule has 0 aliphatic heterocycles. The van der Waals surface area contributed by atoms with E-state index in [1.165, 1.54) is 38.1 Å². The van der Waals surface area contributed by atoms with Gasteiger partial charge in [-0.1, -0.05) is 150 Å². The van der Waals surface area contributed by atoms with Crippen LogP contribution in [0.3, 0.4) is 0 Å². The lowest BCUT2D eigenvalue weighted by Gasteiger charge is -2.23. The van der Waals surface area contributed by atoms with E-state index < -0.39 is 0 Å². The number of benzene rings is 7. The highest BCUT2D eigenvalue weighted by molar-refractivity contribution is 7.21. The summed E-state index contributed by atoms with van der Waals surface area (Å²) in [7, 11) is 0. The summed E-state index contributed by atoms with van der Waals surface area (Å²) in [5.74, 6) is 1.55. The van der Waals surface area contributed by atoms with E-state index in [9.17, 15) is 0 Å². The fraction of sp³-hybridized carbons (Fsp3) is 0. The van der Waals surface area contributed by atoms with Crippen LogP contribution in [0.4, 0.5) is 17.3 Å². The van der Waals surface area contributed by atoms with E-state index in [0.29, 0.717) is 0 Å². The molecule has 11 aromatic rings. The smallest absolute Gasteiger partial charge is 0.146 e. The Morgan fingerprint density at radius 1 is 0.345 bits per heavy atom. The third kappa shape index (κ3) is 5.69. The Morgan fingerprint density at radius 3 is 1.45 bits per heavy atom. The second kappa shape index (κ2) is 13.0. The lowest BCUT2D eigenvalue weighted by Crippen LogP contribution is -2.13. The van der Waals surface area contributed by atoms with Crippen LogP contribution in [0.25, 0.3) is 85.3 Å². The molecule has 7 heteroatoms. The predicted molar refractivity (Wildman–Crippen MR) is 232 cm³/mol. The van der Waals surface area contributed by atoms with Gasteiger partial charge in [-0.3, -0.25) is 4.90 Å². The number of thiazole rings is 2. The van der Waals surface area contributed by atoms with Gasteiger partial charge >= 0.3 is 0 Å². The zero-order valence-electron chi connectivity index (χ0n) is 29.3. The first-order chi connectivity index (χ1) is 27.2. The normalized spacial score (nSPS) is 11.6. The first kappa shape index (κ1) is 31.7. The minimum atomic E-state index is 0.774. The summed E-state index contributed by atoms with van der Waals surface area (Å²) in [6.07, 6.45) is 0. The number of hydrogen-bond acceptors (Lipinski definition) is 7. The van der Waals surface area contributed by atoms with Crippen molar-refractivity contribution in [2.24, 2.45) is 0 Å². The van der Waals surface area contributed by atoms with E-state index in [4.69, 9.17) is 19.9 Å².